The number of aliphatic carboxylic acids is 1. The molecule has 112 valence electrons. The zero-order chi connectivity index (χ0) is 14.8. The normalized spacial score (nSPS) is 20.9. The average molecular weight is 319 g/mol. The van der Waals surface area contributed by atoms with Crippen LogP contribution in [0, 0.1) is 6.92 Å². The number of aromatic nitrogens is 1. The number of carboxylic acid groups (broad SMARTS) is 1. The Hall–Kier alpha value is -1.03. The van der Waals surface area contributed by atoms with Gasteiger partial charge in [-0.1, -0.05) is 0 Å². The van der Waals surface area contributed by atoms with Gasteiger partial charge in [-0.3, -0.25) is 4.79 Å². The number of piperidine rings is 1. The molecular formula is C11H17N3O4S2. The molecule has 1 aromatic rings. The van der Waals surface area contributed by atoms with Crippen LogP contribution in [-0.4, -0.2) is 41.4 Å². The molecular weight excluding hydrogens is 302 g/mol. The SMILES string of the molecule is Cc1csc(CNS(=O)(=O)N2CCCCC2C(=O)O)n1. The largest absolute Gasteiger partial charge is 0.480 e. The molecule has 0 bridgehead atoms. The third kappa shape index (κ3) is 3.54. The quantitative estimate of drug-likeness (QED) is 0.833. The van der Waals surface area contributed by atoms with E-state index < -0.39 is 22.2 Å². The second-order valence-corrected chi connectivity index (χ2v) is 7.32. The second-order valence-electron chi connectivity index (χ2n) is 4.67. The maximum atomic E-state index is 12.2. The van der Waals surface area contributed by atoms with E-state index in [0.717, 1.165) is 16.4 Å². The molecule has 20 heavy (non-hydrogen) atoms. The van der Waals surface area contributed by atoms with Crippen molar-refractivity contribution in [3.63, 3.8) is 0 Å². The van der Waals surface area contributed by atoms with Crippen LogP contribution in [0.3, 0.4) is 0 Å². The Balaban J connectivity index is 2.06. The molecule has 2 N–H and O–H groups in total. The molecule has 0 amide bonds. The monoisotopic (exact) mass is 319 g/mol. The summed E-state index contributed by atoms with van der Waals surface area (Å²) in [5.41, 5.74) is 0.839. The highest BCUT2D eigenvalue weighted by Crippen LogP contribution is 2.20. The van der Waals surface area contributed by atoms with Gasteiger partial charge < -0.3 is 5.11 Å². The lowest BCUT2D eigenvalue weighted by Gasteiger charge is -2.31. The zero-order valence-electron chi connectivity index (χ0n) is 11.1. The van der Waals surface area contributed by atoms with Crippen molar-refractivity contribution < 1.29 is 18.3 Å². The van der Waals surface area contributed by atoms with E-state index in [2.05, 4.69) is 9.71 Å². The number of hydrogen-bond donors (Lipinski definition) is 2. The molecule has 2 heterocycles. The van der Waals surface area contributed by atoms with Gasteiger partial charge in [-0.05, 0) is 26.2 Å². The van der Waals surface area contributed by atoms with Crippen molar-refractivity contribution in [2.45, 2.75) is 38.8 Å². The first-order chi connectivity index (χ1) is 9.40. The number of rotatable bonds is 5. The number of nitrogens with one attached hydrogen (secondary N) is 1. The van der Waals surface area contributed by atoms with E-state index in [1.54, 1.807) is 0 Å². The summed E-state index contributed by atoms with van der Waals surface area (Å²) < 4.78 is 27.9. The fraction of sp³-hybridized carbons (Fsp3) is 0.636. The van der Waals surface area contributed by atoms with Crippen molar-refractivity contribution >= 4 is 27.5 Å². The highest BCUT2D eigenvalue weighted by atomic mass is 32.2. The Morgan fingerprint density at radius 3 is 2.95 bits per heavy atom. The summed E-state index contributed by atoms with van der Waals surface area (Å²) in [6.45, 7) is 2.16. The lowest BCUT2D eigenvalue weighted by molar-refractivity contribution is -0.142. The van der Waals surface area contributed by atoms with Crippen LogP contribution in [0.5, 0.6) is 0 Å². The zero-order valence-corrected chi connectivity index (χ0v) is 12.7. The van der Waals surface area contributed by atoms with Gasteiger partial charge in [0, 0.05) is 17.6 Å². The van der Waals surface area contributed by atoms with Crippen molar-refractivity contribution in [2.24, 2.45) is 0 Å². The second kappa shape index (κ2) is 6.17. The van der Waals surface area contributed by atoms with Gasteiger partial charge in [0.05, 0.1) is 6.54 Å². The molecule has 1 saturated heterocycles. The van der Waals surface area contributed by atoms with Gasteiger partial charge in [-0.15, -0.1) is 11.3 Å². The van der Waals surface area contributed by atoms with E-state index in [4.69, 9.17) is 5.11 Å². The molecule has 1 aromatic heterocycles. The van der Waals surface area contributed by atoms with Crippen LogP contribution in [0.2, 0.25) is 0 Å². The molecule has 0 aliphatic carbocycles. The Morgan fingerprint density at radius 2 is 2.35 bits per heavy atom. The third-order valence-electron chi connectivity index (χ3n) is 3.12. The first-order valence-corrected chi connectivity index (χ1v) is 8.62. The average Bonchev–Trinajstić information content (AvgIpc) is 2.82. The number of carboxylic acids is 1. The van der Waals surface area contributed by atoms with Gasteiger partial charge >= 0.3 is 5.97 Å². The Morgan fingerprint density at radius 1 is 1.60 bits per heavy atom. The molecule has 1 unspecified atom stereocenters. The molecule has 7 nitrogen and oxygen atoms in total. The summed E-state index contributed by atoms with van der Waals surface area (Å²) >= 11 is 1.37. The Kier molecular flexibility index (Phi) is 4.74. The molecule has 0 radical (unpaired) electrons. The van der Waals surface area contributed by atoms with E-state index in [1.165, 1.54) is 11.3 Å². The molecule has 0 aromatic carbocycles. The molecule has 1 atom stereocenters. The number of nitrogens with zero attached hydrogens (tertiary/aromatic N) is 2. The number of carbonyl (C=O) groups is 1. The fourth-order valence-electron chi connectivity index (χ4n) is 2.16. The number of thiazole rings is 1. The first kappa shape index (κ1) is 15.4. The highest BCUT2D eigenvalue weighted by molar-refractivity contribution is 7.87. The third-order valence-corrected chi connectivity index (χ3v) is 5.65. The standard InChI is InChI=1S/C11H17N3O4S2/c1-8-7-19-10(13-8)6-12-20(17,18)14-5-3-2-4-9(14)11(15)16/h7,9,12H,2-6H2,1H3,(H,15,16). The van der Waals surface area contributed by atoms with Crippen LogP contribution in [0.15, 0.2) is 5.38 Å². The topological polar surface area (TPSA) is 99.6 Å². The van der Waals surface area contributed by atoms with Crippen molar-refractivity contribution in [1.82, 2.24) is 14.0 Å². The Bertz CT molecular complexity index is 584. The van der Waals surface area contributed by atoms with Crippen LogP contribution in [0.1, 0.15) is 30.0 Å². The minimum Gasteiger partial charge on any atom is -0.480 e. The van der Waals surface area contributed by atoms with E-state index in [9.17, 15) is 13.2 Å². The summed E-state index contributed by atoms with van der Waals surface area (Å²) in [5, 5.41) is 11.6. The molecule has 0 saturated carbocycles. The molecule has 1 aliphatic heterocycles. The van der Waals surface area contributed by atoms with Crippen LogP contribution >= 0.6 is 11.3 Å². The van der Waals surface area contributed by atoms with Gasteiger partial charge in [0.2, 0.25) is 0 Å². The summed E-state index contributed by atoms with van der Waals surface area (Å²) in [7, 11) is -3.80. The Labute approximate surface area is 121 Å². The molecule has 2 rings (SSSR count). The minimum atomic E-state index is -3.80. The predicted octanol–water partition coefficient (Wildman–Crippen LogP) is 0.725. The van der Waals surface area contributed by atoms with Gasteiger partial charge in [-0.25, -0.2) is 4.98 Å². The lowest BCUT2D eigenvalue weighted by Crippen LogP contribution is -2.51. The molecule has 0 spiro atoms. The van der Waals surface area contributed by atoms with E-state index in [1.807, 2.05) is 12.3 Å². The lowest BCUT2D eigenvalue weighted by atomic mass is 10.1. The first-order valence-electron chi connectivity index (χ1n) is 6.30. The maximum Gasteiger partial charge on any atom is 0.322 e. The molecule has 9 heteroatoms. The summed E-state index contributed by atoms with van der Waals surface area (Å²) in [4.78, 5) is 15.3. The smallest absolute Gasteiger partial charge is 0.322 e. The van der Waals surface area contributed by atoms with Crippen LogP contribution in [-0.2, 0) is 21.5 Å². The van der Waals surface area contributed by atoms with Gasteiger partial charge in [0.25, 0.3) is 10.2 Å². The van der Waals surface area contributed by atoms with E-state index in [0.29, 0.717) is 17.8 Å². The minimum absolute atomic E-state index is 0.0870. The van der Waals surface area contributed by atoms with Crippen LogP contribution in [0.4, 0.5) is 0 Å². The summed E-state index contributed by atoms with van der Waals surface area (Å²) in [6.07, 6.45) is 1.77. The van der Waals surface area contributed by atoms with Crippen molar-refractivity contribution in [2.75, 3.05) is 6.54 Å². The van der Waals surface area contributed by atoms with Crippen molar-refractivity contribution in [3.05, 3.63) is 16.1 Å². The highest BCUT2D eigenvalue weighted by Gasteiger charge is 2.36. The fourth-order valence-corrected chi connectivity index (χ4v) is 4.35. The van der Waals surface area contributed by atoms with Crippen LogP contribution < -0.4 is 4.72 Å². The molecule has 1 fully saturated rings. The van der Waals surface area contributed by atoms with Gasteiger partial charge in [-0.2, -0.15) is 17.4 Å². The van der Waals surface area contributed by atoms with E-state index in [-0.39, 0.29) is 13.1 Å². The predicted molar refractivity (Wildman–Crippen MR) is 74.6 cm³/mol. The number of hydrogen-bond acceptors (Lipinski definition) is 5. The summed E-state index contributed by atoms with van der Waals surface area (Å²) in [5.74, 6) is -1.10. The van der Waals surface area contributed by atoms with Gasteiger partial charge in [0.1, 0.15) is 11.0 Å². The van der Waals surface area contributed by atoms with Crippen molar-refractivity contribution in [1.29, 1.82) is 0 Å². The number of aryl methyl sites for hydroxylation is 1. The maximum absolute atomic E-state index is 12.2. The van der Waals surface area contributed by atoms with Crippen molar-refractivity contribution in [3.8, 4) is 0 Å². The van der Waals surface area contributed by atoms with E-state index >= 15 is 0 Å². The van der Waals surface area contributed by atoms with Crippen LogP contribution in [0.25, 0.3) is 0 Å². The summed E-state index contributed by atoms with van der Waals surface area (Å²) in [6, 6.07) is -0.973. The van der Waals surface area contributed by atoms with Gasteiger partial charge in [0.15, 0.2) is 0 Å². The molecule has 1 aliphatic rings.